The van der Waals surface area contributed by atoms with Crippen molar-refractivity contribution in [3.63, 3.8) is 0 Å². The van der Waals surface area contributed by atoms with Gasteiger partial charge in [-0.2, -0.15) is 0 Å². The van der Waals surface area contributed by atoms with E-state index in [1.165, 1.54) is 27.4 Å². The molecular formula is C26H32N4. The largest absolute Gasteiger partial charge is 0.358 e. The normalized spacial score (nSPS) is 11.6. The number of rotatable bonds is 8. The summed E-state index contributed by atoms with van der Waals surface area (Å²) in [5.74, 6) is 1.05. The van der Waals surface area contributed by atoms with Gasteiger partial charge >= 0.3 is 0 Å². The molecule has 2 aromatic carbocycles. The first kappa shape index (κ1) is 20.4. The highest BCUT2D eigenvalue weighted by Gasteiger charge is 2.16. The van der Waals surface area contributed by atoms with E-state index in [2.05, 4.69) is 103 Å². The molecule has 2 heterocycles. The van der Waals surface area contributed by atoms with Gasteiger partial charge in [-0.05, 0) is 37.7 Å². The molecule has 0 atom stereocenters. The predicted octanol–water partition coefficient (Wildman–Crippen LogP) is 5.32. The Morgan fingerprint density at radius 3 is 2.30 bits per heavy atom. The SMILES string of the molecule is CCN(CC)CCN(C)c1cc2c3ccccc3n(Cc3ccccc3)c2c(C)n1. The van der Waals surface area contributed by atoms with Crippen LogP contribution in [0.1, 0.15) is 25.1 Å². The van der Waals surface area contributed by atoms with Crippen LogP contribution in [0.4, 0.5) is 5.82 Å². The van der Waals surface area contributed by atoms with Crippen molar-refractivity contribution < 1.29 is 0 Å². The Kier molecular flexibility index (Phi) is 6.05. The fourth-order valence-electron chi connectivity index (χ4n) is 4.32. The van der Waals surface area contributed by atoms with E-state index in [1.54, 1.807) is 0 Å². The van der Waals surface area contributed by atoms with E-state index in [0.717, 1.165) is 44.2 Å². The van der Waals surface area contributed by atoms with Gasteiger partial charge in [0.2, 0.25) is 0 Å². The highest BCUT2D eigenvalue weighted by molar-refractivity contribution is 6.09. The number of anilines is 1. The number of nitrogens with zero attached hydrogens (tertiary/aromatic N) is 4. The van der Waals surface area contributed by atoms with Gasteiger partial charge in [-0.3, -0.25) is 0 Å². The molecule has 30 heavy (non-hydrogen) atoms. The number of para-hydroxylation sites is 1. The van der Waals surface area contributed by atoms with Crippen LogP contribution in [-0.2, 0) is 6.54 Å². The highest BCUT2D eigenvalue weighted by Crippen LogP contribution is 2.33. The monoisotopic (exact) mass is 400 g/mol. The third-order valence-electron chi connectivity index (χ3n) is 6.13. The van der Waals surface area contributed by atoms with Crippen LogP contribution in [0.25, 0.3) is 21.8 Å². The number of likely N-dealkylation sites (N-methyl/N-ethyl adjacent to an activating group) is 2. The first-order chi connectivity index (χ1) is 14.6. The van der Waals surface area contributed by atoms with E-state index in [4.69, 9.17) is 4.98 Å². The zero-order chi connectivity index (χ0) is 21.1. The second kappa shape index (κ2) is 8.88. The van der Waals surface area contributed by atoms with E-state index in [0.29, 0.717) is 0 Å². The Morgan fingerprint density at radius 2 is 1.57 bits per heavy atom. The van der Waals surface area contributed by atoms with Crippen molar-refractivity contribution in [3.8, 4) is 0 Å². The molecule has 0 aliphatic carbocycles. The number of hydrogen-bond acceptors (Lipinski definition) is 3. The molecule has 4 heteroatoms. The smallest absolute Gasteiger partial charge is 0.129 e. The number of fused-ring (bicyclic) bond motifs is 3. The molecule has 0 amide bonds. The molecule has 0 fully saturated rings. The van der Waals surface area contributed by atoms with Crippen LogP contribution in [0.15, 0.2) is 60.7 Å². The van der Waals surface area contributed by atoms with Crippen molar-refractivity contribution >= 4 is 27.6 Å². The third-order valence-corrected chi connectivity index (χ3v) is 6.13. The molecule has 0 radical (unpaired) electrons. The van der Waals surface area contributed by atoms with Crippen LogP contribution in [0.5, 0.6) is 0 Å². The maximum atomic E-state index is 5.01. The molecule has 0 saturated heterocycles. The highest BCUT2D eigenvalue weighted by atomic mass is 15.2. The average Bonchev–Trinajstić information content (AvgIpc) is 3.09. The topological polar surface area (TPSA) is 24.3 Å². The second-order valence-electron chi connectivity index (χ2n) is 8.00. The lowest BCUT2D eigenvalue weighted by Gasteiger charge is -2.24. The average molecular weight is 401 g/mol. The standard InChI is InChI=1S/C26H32N4/c1-5-29(6-2)17-16-28(4)25-18-23-22-14-10-11-15-24(22)30(26(23)20(3)27-25)19-21-12-8-7-9-13-21/h7-15,18H,5-6,16-17,19H2,1-4H3. The van der Waals surface area contributed by atoms with Crippen LogP contribution in [0.2, 0.25) is 0 Å². The van der Waals surface area contributed by atoms with E-state index < -0.39 is 0 Å². The van der Waals surface area contributed by atoms with Gasteiger partial charge in [-0.25, -0.2) is 4.98 Å². The fourth-order valence-corrected chi connectivity index (χ4v) is 4.32. The molecule has 0 N–H and O–H groups in total. The minimum Gasteiger partial charge on any atom is -0.358 e. The number of aryl methyl sites for hydroxylation is 1. The molecule has 0 unspecified atom stereocenters. The van der Waals surface area contributed by atoms with Gasteiger partial charge in [0.15, 0.2) is 0 Å². The molecule has 2 aromatic heterocycles. The maximum Gasteiger partial charge on any atom is 0.129 e. The molecule has 0 bridgehead atoms. The summed E-state index contributed by atoms with van der Waals surface area (Å²) in [6, 6.07) is 21.7. The van der Waals surface area contributed by atoms with Crippen LogP contribution in [0.3, 0.4) is 0 Å². The van der Waals surface area contributed by atoms with E-state index in [-0.39, 0.29) is 0 Å². The molecule has 4 aromatic rings. The first-order valence-electron chi connectivity index (χ1n) is 11.0. The Hall–Kier alpha value is -2.85. The summed E-state index contributed by atoms with van der Waals surface area (Å²) in [6.45, 7) is 11.6. The van der Waals surface area contributed by atoms with Crippen LogP contribution in [-0.4, -0.2) is 47.7 Å². The lowest BCUT2D eigenvalue weighted by atomic mass is 10.1. The summed E-state index contributed by atoms with van der Waals surface area (Å²) < 4.78 is 2.42. The van der Waals surface area contributed by atoms with Crippen LogP contribution < -0.4 is 4.90 Å². The summed E-state index contributed by atoms with van der Waals surface area (Å²) in [6.07, 6.45) is 0. The van der Waals surface area contributed by atoms with Crippen molar-refractivity contribution in [1.82, 2.24) is 14.5 Å². The number of pyridine rings is 1. The van der Waals surface area contributed by atoms with Gasteiger partial charge in [0.05, 0.1) is 11.2 Å². The first-order valence-corrected chi connectivity index (χ1v) is 11.0. The van der Waals surface area contributed by atoms with Crippen LogP contribution >= 0.6 is 0 Å². The lowest BCUT2D eigenvalue weighted by Crippen LogP contribution is -2.33. The molecule has 0 aliphatic rings. The van der Waals surface area contributed by atoms with Crippen molar-refractivity contribution in [1.29, 1.82) is 0 Å². The molecule has 0 aliphatic heterocycles. The molecular weight excluding hydrogens is 368 g/mol. The van der Waals surface area contributed by atoms with Gasteiger partial charge < -0.3 is 14.4 Å². The summed E-state index contributed by atoms with van der Waals surface area (Å²) >= 11 is 0. The second-order valence-corrected chi connectivity index (χ2v) is 8.00. The summed E-state index contributed by atoms with van der Waals surface area (Å²) in [5.41, 5.74) is 4.90. The van der Waals surface area contributed by atoms with Gasteiger partial charge in [0, 0.05) is 43.0 Å². The Labute approximate surface area is 179 Å². The number of hydrogen-bond donors (Lipinski definition) is 0. The maximum absolute atomic E-state index is 5.01. The molecule has 4 nitrogen and oxygen atoms in total. The van der Waals surface area contributed by atoms with Gasteiger partial charge in [0.1, 0.15) is 5.82 Å². The van der Waals surface area contributed by atoms with Crippen molar-refractivity contribution in [2.24, 2.45) is 0 Å². The van der Waals surface area contributed by atoms with Crippen LogP contribution in [0, 0.1) is 6.92 Å². The van der Waals surface area contributed by atoms with Crippen molar-refractivity contribution in [2.75, 3.05) is 38.1 Å². The molecule has 0 spiro atoms. The summed E-state index contributed by atoms with van der Waals surface area (Å²) in [7, 11) is 2.15. The van der Waals surface area contributed by atoms with Gasteiger partial charge in [-0.1, -0.05) is 62.4 Å². The van der Waals surface area contributed by atoms with E-state index >= 15 is 0 Å². The summed E-state index contributed by atoms with van der Waals surface area (Å²) in [5, 5.41) is 2.59. The zero-order valence-corrected chi connectivity index (χ0v) is 18.6. The van der Waals surface area contributed by atoms with Gasteiger partial charge in [0.25, 0.3) is 0 Å². The number of aromatic nitrogens is 2. The molecule has 0 saturated carbocycles. The predicted molar refractivity (Wildman–Crippen MR) is 129 cm³/mol. The third kappa shape index (κ3) is 3.92. The molecule has 156 valence electrons. The zero-order valence-electron chi connectivity index (χ0n) is 18.6. The van der Waals surface area contributed by atoms with Crippen molar-refractivity contribution in [2.45, 2.75) is 27.3 Å². The van der Waals surface area contributed by atoms with Crippen molar-refractivity contribution in [3.05, 3.63) is 71.9 Å². The Balaban J connectivity index is 1.77. The minimum atomic E-state index is 0.852. The van der Waals surface area contributed by atoms with E-state index in [9.17, 15) is 0 Å². The van der Waals surface area contributed by atoms with Gasteiger partial charge in [-0.15, -0.1) is 0 Å². The number of benzene rings is 2. The summed E-state index contributed by atoms with van der Waals surface area (Å²) in [4.78, 5) is 9.75. The minimum absolute atomic E-state index is 0.852. The Bertz CT molecular complexity index is 1130. The quantitative estimate of drug-likeness (QED) is 0.400. The van der Waals surface area contributed by atoms with E-state index in [1.807, 2.05) is 0 Å². The molecule has 4 rings (SSSR count). The Morgan fingerprint density at radius 1 is 0.867 bits per heavy atom. The lowest BCUT2D eigenvalue weighted by molar-refractivity contribution is 0.311. The fraction of sp³-hybridized carbons (Fsp3) is 0.346.